The number of carboxylic acids is 1. The minimum absolute atomic E-state index is 0.0407. The van der Waals surface area contributed by atoms with Gasteiger partial charge in [-0.2, -0.15) is 0 Å². The number of aliphatic carboxylic acids is 1. The smallest absolute Gasteiger partial charge is 0.337 e. The summed E-state index contributed by atoms with van der Waals surface area (Å²) in [6, 6.07) is 4.76. The molecule has 7 heteroatoms. The van der Waals surface area contributed by atoms with Gasteiger partial charge in [-0.05, 0) is 18.2 Å². The van der Waals surface area contributed by atoms with Crippen LogP contribution in [0, 0.1) is 5.92 Å². The molecule has 1 amide bonds. The Morgan fingerprint density at radius 1 is 1.43 bits per heavy atom. The lowest BCUT2D eigenvalue weighted by molar-refractivity contribution is -0.141. The molecule has 1 aromatic carbocycles. The summed E-state index contributed by atoms with van der Waals surface area (Å²) in [5.41, 5.74) is 1.43. The van der Waals surface area contributed by atoms with Crippen molar-refractivity contribution in [1.82, 2.24) is 0 Å². The number of anilines is 2. The number of ether oxygens (including phenoxy) is 1. The number of methoxy groups -OCH3 is 1. The van der Waals surface area contributed by atoms with Crippen molar-refractivity contribution >= 4 is 29.2 Å². The number of benzene rings is 1. The van der Waals surface area contributed by atoms with Crippen LogP contribution in [0.4, 0.5) is 11.4 Å². The Morgan fingerprint density at radius 3 is 2.67 bits per heavy atom. The van der Waals surface area contributed by atoms with Crippen molar-refractivity contribution in [1.29, 1.82) is 0 Å². The first kappa shape index (κ1) is 14.8. The number of hydrogen-bond donors (Lipinski definition) is 2. The van der Waals surface area contributed by atoms with E-state index in [9.17, 15) is 14.4 Å². The van der Waals surface area contributed by atoms with E-state index in [4.69, 9.17) is 5.11 Å². The second-order valence-electron chi connectivity index (χ2n) is 4.72. The van der Waals surface area contributed by atoms with Crippen molar-refractivity contribution in [3.63, 3.8) is 0 Å². The summed E-state index contributed by atoms with van der Waals surface area (Å²) >= 11 is 0. The van der Waals surface area contributed by atoms with Crippen LogP contribution in [0.2, 0.25) is 0 Å². The molecule has 0 aromatic heterocycles. The summed E-state index contributed by atoms with van der Waals surface area (Å²) in [6.45, 7) is 0.0907. The van der Waals surface area contributed by atoms with Gasteiger partial charge in [0.1, 0.15) is 0 Å². The maximum atomic E-state index is 12.0. The molecule has 0 radical (unpaired) electrons. The number of carbonyl (C=O) groups is 3. The molecule has 0 saturated carbocycles. The lowest BCUT2D eigenvalue weighted by Gasteiger charge is -2.20. The minimum Gasteiger partial charge on any atom is -0.481 e. The second-order valence-corrected chi connectivity index (χ2v) is 4.72. The SMILES string of the molecule is CNc1ccc(C(=O)OC)cc1N1CC(C(=O)O)CC1=O. The second kappa shape index (κ2) is 5.82. The standard InChI is InChI=1S/C14H16N2O5/c1-15-10-4-3-8(14(20)21-2)5-11(10)16-7-9(13(18)19)6-12(16)17/h3-5,9,15H,6-7H2,1-2H3,(H,18,19). The Bertz CT molecular complexity index is 599. The van der Waals surface area contributed by atoms with Gasteiger partial charge in [-0.1, -0.05) is 0 Å². The van der Waals surface area contributed by atoms with Crippen LogP contribution in [0.3, 0.4) is 0 Å². The molecule has 0 bridgehead atoms. The third kappa shape index (κ3) is 2.81. The number of amides is 1. The third-order valence-electron chi connectivity index (χ3n) is 3.45. The van der Waals surface area contributed by atoms with E-state index in [1.165, 1.54) is 18.1 Å². The fraction of sp³-hybridized carbons (Fsp3) is 0.357. The number of hydrogen-bond acceptors (Lipinski definition) is 5. The lowest BCUT2D eigenvalue weighted by Crippen LogP contribution is -2.27. The molecule has 1 fully saturated rings. The Kier molecular flexibility index (Phi) is 4.11. The average molecular weight is 292 g/mol. The predicted molar refractivity (Wildman–Crippen MR) is 75.4 cm³/mol. The van der Waals surface area contributed by atoms with E-state index in [1.54, 1.807) is 19.2 Å². The molecule has 0 aliphatic carbocycles. The van der Waals surface area contributed by atoms with Crippen LogP contribution in [0.25, 0.3) is 0 Å². The van der Waals surface area contributed by atoms with Crippen LogP contribution in [-0.2, 0) is 14.3 Å². The molecular weight excluding hydrogens is 276 g/mol. The van der Waals surface area contributed by atoms with Crippen LogP contribution in [0.5, 0.6) is 0 Å². The molecule has 7 nitrogen and oxygen atoms in total. The Hall–Kier alpha value is -2.57. The monoisotopic (exact) mass is 292 g/mol. The first-order valence-corrected chi connectivity index (χ1v) is 6.41. The van der Waals surface area contributed by atoms with Crippen molar-refractivity contribution in [2.24, 2.45) is 5.92 Å². The van der Waals surface area contributed by atoms with Crippen molar-refractivity contribution in [2.75, 3.05) is 30.9 Å². The highest BCUT2D eigenvalue weighted by Crippen LogP contribution is 2.32. The van der Waals surface area contributed by atoms with Gasteiger partial charge in [-0.15, -0.1) is 0 Å². The zero-order valence-corrected chi connectivity index (χ0v) is 11.8. The summed E-state index contributed by atoms with van der Waals surface area (Å²) in [6.07, 6.45) is -0.0407. The van der Waals surface area contributed by atoms with Gasteiger partial charge in [0.2, 0.25) is 5.91 Å². The van der Waals surface area contributed by atoms with Crippen LogP contribution in [0.15, 0.2) is 18.2 Å². The minimum atomic E-state index is -0.999. The molecule has 21 heavy (non-hydrogen) atoms. The Morgan fingerprint density at radius 2 is 2.14 bits per heavy atom. The molecule has 2 rings (SSSR count). The highest BCUT2D eigenvalue weighted by molar-refractivity contribution is 6.03. The fourth-order valence-corrected chi connectivity index (χ4v) is 2.32. The van der Waals surface area contributed by atoms with Gasteiger partial charge in [0, 0.05) is 20.0 Å². The summed E-state index contributed by atoms with van der Waals surface area (Å²) in [5, 5.41) is 12.0. The first-order valence-electron chi connectivity index (χ1n) is 6.41. The van der Waals surface area contributed by atoms with Gasteiger partial charge in [-0.25, -0.2) is 4.79 Å². The van der Waals surface area contributed by atoms with Crippen LogP contribution in [0.1, 0.15) is 16.8 Å². The molecule has 1 aliphatic rings. The molecule has 1 saturated heterocycles. The van der Waals surface area contributed by atoms with Crippen molar-refractivity contribution in [3.8, 4) is 0 Å². The number of nitrogens with zero attached hydrogens (tertiary/aromatic N) is 1. The van der Waals surface area contributed by atoms with Crippen LogP contribution < -0.4 is 10.2 Å². The van der Waals surface area contributed by atoms with Gasteiger partial charge in [0.15, 0.2) is 0 Å². The van der Waals surface area contributed by atoms with E-state index >= 15 is 0 Å². The molecule has 1 aliphatic heterocycles. The lowest BCUT2D eigenvalue weighted by atomic mass is 10.1. The van der Waals surface area contributed by atoms with Crippen LogP contribution in [-0.4, -0.2) is 43.7 Å². The van der Waals surface area contributed by atoms with Gasteiger partial charge in [-0.3, -0.25) is 9.59 Å². The summed E-state index contributed by atoms with van der Waals surface area (Å²) in [4.78, 5) is 36.0. The number of carboxylic acid groups (broad SMARTS) is 1. The van der Waals surface area contributed by atoms with Gasteiger partial charge >= 0.3 is 11.9 Å². The average Bonchev–Trinajstić information content (AvgIpc) is 2.87. The fourth-order valence-electron chi connectivity index (χ4n) is 2.32. The Balaban J connectivity index is 2.39. The van der Waals surface area contributed by atoms with Crippen molar-refractivity contribution < 1.29 is 24.2 Å². The highest BCUT2D eigenvalue weighted by Gasteiger charge is 2.36. The summed E-state index contributed by atoms with van der Waals surface area (Å²) in [5.74, 6) is -2.52. The van der Waals surface area contributed by atoms with E-state index in [0.29, 0.717) is 16.9 Å². The van der Waals surface area contributed by atoms with E-state index in [2.05, 4.69) is 10.1 Å². The van der Waals surface area contributed by atoms with Gasteiger partial charge < -0.3 is 20.1 Å². The molecule has 1 unspecified atom stereocenters. The number of rotatable bonds is 4. The zero-order chi connectivity index (χ0) is 15.6. The molecule has 1 atom stereocenters. The number of carbonyl (C=O) groups excluding carboxylic acids is 2. The maximum absolute atomic E-state index is 12.0. The topological polar surface area (TPSA) is 95.9 Å². The van der Waals surface area contributed by atoms with Gasteiger partial charge in [0.25, 0.3) is 0 Å². The zero-order valence-electron chi connectivity index (χ0n) is 11.8. The van der Waals surface area contributed by atoms with E-state index in [0.717, 1.165) is 0 Å². The highest BCUT2D eigenvalue weighted by atomic mass is 16.5. The van der Waals surface area contributed by atoms with Crippen molar-refractivity contribution in [3.05, 3.63) is 23.8 Å². The first-order chi connectivity index (χ1) is 9.97. The molecule has 112 valence electrons. The molecule has 1 heterocycles. The quantitative estimate of drug-likeness (QED) is 0.802. The van der Waals surface area contributed by atoms with Crippen molar-refractivity contribution in [2.45, 2.75) is 6.42 Å². The predicted octanol–water partition coefficient (Wildman–Crippen LogP) is 0.952. The van der Waals surface area contributed by atoms with E-state index in [-0.39, 0.29) is 18.9 Å². The third-order valence-corrected chi connectivity index (χ3v) is 3.45. The Labute approximate surface area is 121 Å². The van der Waals surface area contributed by atoms with Gasteiger partial charge in [0.05, 0.1) is 30.0 Å². The van der Waals surface area contributed by atoms with Crippen LogP contribution >= 0.6 is 0 Å². The molecular formula is C14H16N2O5. The maximum Gasteiger partial charge on any atom is 0.337 e. The van der Waals surface area contributed by atoms with E-state index < -0.39 is 17.9 Å². The summed E-state index contributed by atoms with van der Waals surface area (Å²) in [7, 11) is 2.96. The number of esters is 1. The van der Waals surface area contributed by atoms with E-state index in [1.807, 2.05) is 0 Å². The number of nitrogens with one attached hydrogen (secondary N) is 1. The molecule has 2 N–H and O–H groups in total. The molecule has 0 spiro atoms. The normalized spacial score (nSPS) is 17.7. The largest absolute Gasteiger partial charge is 0.481 e. The molecule has 1 aromatic rings. The summed E-state index contributed by atoms with van der Waals surface area (Å²) < 4.78 is 4.66.